The van der Waals surface area contributed by atoms with Crippen LogP contribution in [0.2, 0.25) is 0 Å². The predicted octanol–water partition coefficient (Wildman–Crippen LogP) is 0.797. The molecule has 0 aromatic heterocycles. The number of amides is 2. The van der Waals surface area contributed by atoms with Crippen LogP contribution in [0.3, 0.4) is 0 Å². The van der Waals surface area contributed by atoms with Crippen molar-refractivity contribution in [3.05, 3.63) is 29.8 Å². The second-order valence-electron chi connectivity index (χ2n) is 6.42. The van der Waals surface area contributed by atoms with E-state index in [1.54, 1.807) is 0 Å². The molecule has 0 spiro atoms. The minimum atomic E-state index is -0.359. The van der Waals surface area contributed by atoms with Gasteiger partial charge < -0.3 is 25.4 Å². The molecule has 0 aliphatic carbocycles. The standard InChI is InChI=1S/C18H25N3O4/c1-12-16(19-7-9-24-12)18(23)20-11-13-4-2-5-14(10-13)21-17(22)15-6-3-8-25-15/h2,4-5,10,12,15-16,19H,3,6-9,11H2,1H3,(H,20,23)(H,21,22)/t12-,15?,16+/m1/s1. The molecule has 1 aromatic carbocycles. The Morgan fingerprint density at radius 2 is 2.12 bits per heavy atom. The van der Waals surface area contributed by atoms with Gasteiger partial charge in [0.25, 0.3) is 5.91 Å². The second kappa shape index (κ2) is 8.42. The van der Waals surface area contributed by atoms with E-state index >= 15 is 0 Å². The van der Waals surface area contributed by atoms with Crippen molar-refractivity contribution in [3.8, 4) is 0 Å². The van der Waals surface area contributed by atoms with Crippen LogP contribution in [-0.2, 0) is 25.6 Å². The Hall–Kier alpha value is -1.96. The highest BCUT2D eigenvalue weighted by molar-refractivity contribution is 5.94. The Morgan fingerprint density at radius 3 is 2.88 bits per heavy atom. The first-order valence-electron chi connectivity index (χ1n) is 8.77. The summed E-state index contributed by atoms with van der Waals surface area (Å²) >= 11 is 0. The van der Waals surface area contributed by atoms with E-state index in [4.69, 9.17) is 9.47 Å². The van der Waals surface area contributed by atoms with Gasteiger partial charge in [0.15, 0.2) is 0 Å². The van der Waals surface area contributed by atoms with Gasteiger partial charge in [0.05, 0.1) is 12.7 Å². The number of ether oxygens (including phenoxy) is 2. The second-order valence-corrected chi connectivity index (χ2v) is 6.42. The normalized spacial score (nSPS) is 26.2. The summed E-state index contributed by atoms with van der Waals surface area (Å²) in [5.74, 6) is -0.197. The number of carbonyl (C=O) groups excluding carboxylic acids is 2. The number of morpholine rings is 1. The molecule has 2 amide bonds. The summed E-state index contributed by atoms with van der Waals surface area (Å²) in [6, 6.07) is 7.13. The number of hydrogen-bond acceptors (Lipinski definition) is 5. The Morgan fingerprint density at radius 1 is 1.24 bits per heavy atom. The maximum atomic E-state index is 12.3. The SMILES string of the molecule is C[C@H]1OCCN[C@@H]1C(=O)NCc1cccc(NC(=O)C2CCCO2)c1. The minimum absolute atomic E-state index is 0.0824. The third-order valence-corrected chi connectivity index (χ3v) is 4.48. The average molecular weight is 347 g/mol. The number of hydrogen-bond donors (Lipinski definition) is 3. The molecule has 3 atom stereocenters. The molecule has 2 aliphatic heterocycles. The molecule has 25 heavy (non-hydrogen) atoms. The van der Waals surface area contributed by atoms with Gasteiger partial charge in [-0.15, -0.1) is 0 Å². The van der Waals surface area contributed by atoms with Crippen molar-refractivity contribution in [1.29, 1.82) is 0 Å². The van der Waals surface area contributed by atoms with Crippen molar-refractivity contribution in [2.24, 2.45) is 0 Å². The lowest BCUT2D eigenvalue weighted by molar-refractivity contribution is -0.129. The van der Waals surface area contributed by atoms with Gasteiger partial charge >= 0.3 is 0 Å². The third-order valence-electron chi connectivity index (χ3n) is 4.48. The van der Waals surface area contributed by atoms with E-state index < -0.39 is 0 Å². The molecule has 2 aliphatic rings. The Labute approximate surface area is 147 Å². The zero-order valence-corrected chi connectivity index (χ0v) is 14.4. The number of rotatable bonds is 5. The molecule has 3 rings (SSSR count). The molecule has 7 heteroatoms. The van der Waals surface area contributed by atoms with E-state index in [1.807, 2.05) is 31.2 Å². The highest BCUT2D eigenvalue weighted by atomic mass is 16.5. The molecule has 1 unspecified atom stereocenters. The third kappa shape index (κ3) is 4.78. The summed E-state index contributed by atoms with van der Waals surface area (Å²) in [7, 11) is 0. The van der Waals surface area contributed by atoms with Crippen LogP contribution in [0.15, 0.2) is 24.3 Å². The Bertz CT molecular complexity index is 616. The number of carbonyl (C=O) groups is 2. The van der Waals surface area contributed by atoms with Crippen molar-refractivity contribution in [2.45, 2.75) is 44.6 Å². The highest BCUT2D eigenvalue weighted by Crippen LogP contribution is 2.16. The van der Waals surface area contributed by atoms with Crippen LogP contribution < -0.4 is 16.0 Å². The molecule has 2 saturated heterocycles. The van der Waals surface area contributed by atoms with E-state index in [2.05, 4.69) is 16.0 Å². The summed E-state index contributed by atoms with van der Waals surface area (Å²) in [5.41, 5.74) is 1.63. The fourth-order valence-electron chi connectivity index (χ4n) is 3.09. The van der Waals surface area contributed by atoms with Crippen molar-refractivity contribution < 1.29 is 19.1 Å². The van der Waals surface area contributed by atoms with Crippen molar-refractivity contribution in [2.75, 3.05) is 25.1 Å². The van der Waals surface area contributed by atoms with Crippen molar-refractivity contribution in [1.82, 2.24) is 10.6 Å². The van der Waals surface area contributed by atoms with Crippen molar-refractivity contribution >= 4 is 17.5 Å². The minimum Gasteiger partial charge on any atom is -0.375 e. The summed E-state index contributed by atoms with van der Waals surface area (Å²) in [4.78, 5) is 24.4. The molecule has 0 radical (unpaired) electrons. The smallest absolute Gasteiger partial charge is 0.253 e. The summed E-state index contributed by atoms with van der Waals surface area (Å²) in [5, 5.41) is 8.95. The maximum Gasteiger partial charge on any atom is 0.253 e. The van der Waals surface area contributed by atoms with Gasteiger partial charge in [0, 0.05) is 25.4 Å². The zero-order chi connectivity index (χ0) is 17.6. The fraction of sp³-hybridized carbons (Fsp3) is 0.556. The zero-order valence-electron chi connectivity index (χ0n) is 14.4. The molecule has 136 valence electrons. The monoisotopic (exact) mass is 347 g/mol. The molecule has 0 bridgehead atoms. The van der Waals surface area contributed by atoms with E-state index in [-0.39, 0.29) is 30.1 Å². The van der Waals surface area contributed by atoms with Crippen LogP contribution in [-0.4, -0.2) is 49.8 Å². The van der Waals surface area contributed by atoms with Gasteiger partial charge in [-0.3, -0.25) is 9.59 Å². The Kier molecular flexibility index (Phi) is 6.01. The van der Waals surface area contributed by atoms with Crippen LogP contribution >= 0.6 is 0 Å². The summed E-state index contributed by atoms with van der Waals surface area (Å²) in [6.45, 7) is 4.22. The van der Waals surface area contributed by atoms with E-state index in [0.717, 1.165) is 18.4 Å². The molecular weight excluding hydrogens is 322 g/mol. The first-order valence-corrected chi connectivity index (χ1v) is 8.77. The fourth-order valence-corrected chi connectivity index (χ4v) is 3.09. The van der Waals surface area contributed by atoms with Gasteiger partial charge in [-0.05, 0) is 37.5 Å². The van der Waals surface area contributed by atoms with Gasteiger partial charge in [0.1, 0.15) is 12.1 Å². The van der Waals surface area contributed by atoms with Gasteiger partial charge in [0.2, 0.25) is 5.91 Å². The molecular formula is C18H25N3O4. The van der Waals surface area contributed by atoms with E-state index in [9.17, 15) is 9.59 Å². The van der Waals surface area contributed by atoms with Gasteiger partial charge in [-0.2, -0.15) is 0 Å². The van der Waals surface area contributed by atoms with Crippen molar-refractivity contribution in [3.63, 3.8) is 0 Å². The maximum absolute atomic E-state index is 12.3. The quantitative estimate of drug-likeness (QED) is 0.733. The summed E-state index contributed by atoms with van der Waals surface area (Å²) in [6.07, 6.45) is 1.17. The molecule has 1 aromatic rings. The van der Waals surface area contributed by atoms with E-state index in [0.29, 0.717) is 32.0 Å². The van der Waals surface area contributed by atoms with Crippen LogP contribution in [0.1, 0.15) is 25.3 Å². The van der Waals surface area contributed by atoms with Crippen LogP contribution in [0.5, 0.6) is 0 Å². The van der Waals surface area contributed by atoms with Crippen LogP contribution in [0.25, 0.3) is 0 Å². The topological polar surface area (TPSA) is 88.7 Å². The molecule has 0 saturated carbocycles. The summed E-state index contributed by atoms with van der Waals surface area (Å²) < 4.78 is 10.9. The average Bonchev–Trinajstić information content (AvgIpc) is 3.15. The van der Waals surface area contributed by atoms with E-state index in [1.165, 1.54) is 0 Å². The predicted molar refractivity (Wildman–Crippen MR) is 93.1 cm³/mol. The number of nitrogens with one attached hydrogen (secondary N) is 3. The van der Waals surface area contributed by atoms with Crippen LogP contribution in [0.4, 0.5) is 5.69 Å². The lowest BCUT2D eigenvalue weighted by Gasteiger charge is -2.29. The molecule has 2 heterocycles. The number of anilines is 1. The highest BCUT2D eigenvalue weighted by Gasteiger charge is 2.28. The van der Waals surface area contributed by atoms with Crippen LogP contribution in [0, 0.1) is 0 Å². The lowest BCUT2D eigenvalue weighted by atomic mass is 10.1. The lowest BCUT2D eigenvalue weighted by Crippen LogP contribution is -2.55. The molecule has 2 fully saturated rings. The first kappa shape index (κ1) is 17.8. The first-order chi connectivity index (χ1) is 12.1. The van der Waals surface area contributed by atoms with Gasteiger partial charge in [-0.1, -0.05) is 12.1 Å². The van der Waals surface area contributed by atoms with Gasteiger partial charge in [-0.25, -0.2) is 0 Å². The largest absolute Gasteiger partial charge is 0.375 e. The Balaban J connectivity index is 1.52. The molecule has 7 nitrogen and oxygen atoms in total. The number of benzene rings is 1. The molecule has 3 N–H and O–H groups in total.